The molecule has 0 aliphatic rings. The Morgan fingerprint density at radius 3 is 2.48 bits per heavy atom. The van der Waals surface area contributed by atoms with Crippen LogP contribution in [-0.4, -0.2) is 24.4 Å². The van der Waals surface area contributed by atoms with E-state index in [9.17, 15) is 18.0 Å². The molecule has 1 aromatic heterocycles. The van der Waals surface area contributed by atoms with Gasteiger partial charge in [-0.15, -0.1) is 11.3 Å². The van der Waals surface area contributed by atoms with Crippen molar-refractivity contribution in [2.75, 3.05) is 13.6 Å². The number of carbonyl (C=O) groups excluding carboxylic acids is 1. The van der Waals surface area contributed by atoms with Crippen LogP contribution in [0, 0.1) is 0 Å². The predicted octanol–water partition coefficient (Wildman–Crippen LogP) is 3.52. The van der Waals surface area contributed by atoms with Crippen LogP contribution in [-0.2, 0) is 24.1 Å². The van der Waals surface area contributed by atoms with Gasteiger partial charge in [0.1, 0.15) is 0 Å². The Morgan fingerprint density at radius 1 is 1.22 bits per heavy atom. The topological polar surface area (TPSA) is 32.3 Å². The van der Waals surface area contributed by atoms with Crippen molar-refractivity contribution in [1.29, 1.82) is 0 Å². The number of benzene rings is 1. The third-order valence-corrected chi connectivity index (χ3v) is 4.06. The van der Waals surface area contributed by atoms with Crippen molar-refractivity contribution in [3.05, 3.63) is 57.8 Å². The maximum Gasteiger partial charge on any atom is 0.416 e. The highest BCUT2D eigenvalue weighted by Gasteiger charge is 2.29. The zero-order chi connectivity index (χ0) is 16.9. The number of halogens is 3. The summed E-state index contributed by atoms with van der Waals surface area (Å²) in [5, 5.41) is 4.75. The van der Waals surface area contributed by atoms with Crippen LogP contribution in [0.25, 0.3) is 0 Å². The molecule has 1 aromatic carbocycles. The average molecular weight is 342 g/mol. The van der Waals surface area contributed by atoms with Crippen molar-refractivity contribution in [1.82, 2.24) is 10.2 Å². The van der Waals surface area contributed by atoms with Gasteiger partial charge in [-0.05, 0) is 36.2 Å². The van der Waals surface area contributed by atoms with Gasteiger partial charge in [-0.1, -0.05) is 18.2 Å². The van der Waals surface area contributed by atoms with Crippen LogP contribution in [0.2, 0.25) is 0 Å². The first-order valence-electron chi connectivity index (χ1n) is 6.98. The lowest BCUT2D eigenvalue weighted by Crippen LogP contribution is -2.34. The van der Waals surface area contributed by atoms with Crippen LogP contribution >= 0.6 is 11.3 Å². The molecule has 1 amide bonds. The number of hydrogen-bond acceptors (Lipinski definition) is 3. The molecule has 2 aromatic rings. The number of thiophene rings is 1. The van der Waals surface area contributed by atoms with Crippen LogP contribution in [0.4, 0.5) is 13.2 Å². The summed E-state index contributed by atoms with van der Waals surface area (Å²) in [6, 6.07) is 8.84. The monoisotopic (exact) mass is 342 g/mol. The molecule has 124 valence electrons. The highest BCUT2D eigenvalue weighted by Crippen LogP contribution is 2.29. The highest BCUT2D eigenvalue weighted by atomic mass is 32.1. The molecule has 1 heterocycles. The van der Waals surface area contributed by atoms with E-state index in [4.69, 9.17) is 0 Å². The lowest BCUT2D eigenvalue weighted by molar-refractivity contribution is -0.137. The summed E-state index contributed by atoms with van der Waals surface area (Å²) in [6.45, 7) is 1.08. The van der Waals surface area contributed by atoms with Gasteiger partial charge in [0.15, 0.2) is 0 Å². The van der Waals surface area contributed by atoms with Crippen LogP contribution in [0.3, 0.4) is 0 Å². The van der Waals surface area contributed by atoms with Crippen molar-refractivity contribution in [2.24, 2.45) is 0 Å². The molecule has 0 aliphatic carbocycles. The Labute approximate surface area is 136 Å². The van der Waals surface area contributed by atoms with E-state index < -0.39 is 11.7 Å². The molecule has 7 heteroatoms. The maximum atomic E-state index is 12.5. The van der Waals surface area contributed by atoms with Gasteiger partial charge >= 0.3 is 6.18 Å². The van der Waals surface area contributed by atoms with E-state index in [0.717, 1.165) is 22.6 Å². The van der Waals surface area contributed by atoms with Crippen molar-refractivity contribution in [3.63, 3.8) is 0 Å². The second-order valence-corrected chi connectivity index (χ2v) is 6.26. The Morgan fingerprint density at radius 2 is 1.91 bits per heavy atom. The third kappa shape index (κ3) is 5.69. The maximum absolute atomic E-state index is 12.5. The lowest BCUT2D eigenvalue weighted by atomic mass is 10.1. The van der Waals surface area contributed by atoms with E-state index >= 15 is 0 Å². The summed E-state index contributed by atoms with van der Waals surface area (Å²) in [7, 11) is 1.75. The summed E-state index contributed by atoms with van der Waals surface area (Å²) in [6.07, 6.45) is -4.33. The quantitative estimate of drug-likeness (QED) is 0.871. The number of amides is 1. The summed E-state index contributed by atoms with van der Waals surface area (Å²) in [5.41, 5.74) is 0.0594. The second-order valence-electron chi connectivity index (χ2n) is 5.22. The Bertz CT molecular complexity index is 624. The fraction of sp³-hybridized carbons (Fsp3) is 0.312. The Kier molecular flexibility index (Phi) is 5.79. The number of nitrogens with zero attached hydrogens (tertiary/aromatic N) is 1. The molecule has 1 N–H and O–H groups in total. The van der Waals surface area contributed by atoms with Crippen LogP contribution in [0.5, 0.6) is 0 Å². The van der Waals surface area contributed by atoms with Crippen LogP contribution < -0.4 is 5.32 Å². The van der Waals surface area contributed by atoms with Gasteiger partial charge in [0, 0.05) is 11.4 Å². The van der Waals surface area contributed by atoms with Crippen LogP contribution in [0.1, 0.15) is 16.0 Å². The smallest absolute Gasteiger partial charge is 0.350 e. The van der Waals surface area contributed by atoms with E-state index in [-0.39, 0.29) is 12.5 Å². The number of rotatable bonds is 6. The van der Waals surface area contributed by atoms with E-state index in [1.54, 1.807) is 23.3 Å². The molecule has 3 nitrogen and oxygen atoms in total. The Hall–Kier alpha value is -1.86. The minimum absolute atomic E-state index is 0.118. The van der Waals surface area contributed by atoms with Crippen LogP contribution in [0.15, 0.2) is 41.8 Å². The zero-order valence-corrected chi connectivity index (χ0v) is 13.4. The fourth-order valence-corrected chi connectivity index (χ4v) is 2.71. The van der Waals surface area contributed by atoms with E-state index in [1.807, 2.05) is 17.5 Å². The van der Waals surface area contributed by atoms with Gasteiger partial charge in [-0.25, -0.2) is 0 Å². The molecular weight excluding hydrogens is 325 g/mol. The largest absolute Gasteiger partial charge is 0.416 e. The SMILES string of the molecule is CN(CC(=O)NCc1cccs1)Cc1ccc(C(F)(F)F)cc1. The molecule has 0 saturated carbocycles. The number of nitrogens with one attached hydrogen (secondary N) is 1. The first-order chi connectivity index (χ1) is 10.8. The first-order valence-corrected chi connectivity index (χ1v) is 7.86. The zero-order valence-electron chi connectivity index (χ0n) is 12.6. The molecule has 0 aliphatic heterocycles. The minimum Gasteiger partial charge on any atom is -0.350 e. The molecule has 0 saturated heterocycles. The number of likely N-dealkylation sites (N-methyl/N-ethyl adjacent to an activating group) is 1. The van der Waals surface area contributed by atoms with Gasteiger partial charge in [0.25, 0.3) is 0 Å². The standard InChI is InChI=1S/C16H17F3N2OS/c1-21(11-15(22)20-9-14-3-2-8-23-14)10-12-4-6-13(7-5-12)16(17,18)19/h2-8H,9-11H2,1H3,(H,20,22). The van der Waals surface area contributed by atoms with Crippen molar-refractivity contribution in [3.8, 4) is 0 Å². The van der Waals surface area contributed by atoms with Gasteiger partial charge in [-0.2, -0.15) is 13.2 Å². The molecule has 0 bridgehead atoms. The van der Waals surface area contributed by atoms with E-state index in [1.165, 1.54) is 12.1 Å². The fourth-order valence-electron chi connectivity index (χ4n) is 2.07. The molecule has 0 radical (unpaired) electrons. The van der Waals surface area contributed by atoms with Crippen molar-refractivity contribution in [2.45, 2.75) is 19.3 Å². The average Bonchev–Trinajstić information content (AvgIpc) is 2.98. The molecule has 0 unspecified atom stereocenters. The molecule has 0 spiro atoms. The molecule has 0 fully saturated rings. The summed E-state index contributed by atoms with van der Waals surface area (Å²) in [5.74, 6) is -0.118. The van der Waals surface area contributed by atoms with Crippen molar-refractivity contribution >= 4 is 17.2 Å². The first kappa shape index (κ1) is 17.5. The van der Waals surface area contributed by atoms with E-state index in [0.29, 0.717) is 13.1 Å². The number of hydrogen-bond donors (Lipinski definition) is 1. The van der Waals surface area contributed by atoms with Gasteiger partial charge < -0.3 is 5.32 Å². The molecule has 0 atom stereocenters. The molecule has 23 heavy (non-hydrogen) atoms. The second kappa shape index (κ2) is 7.61. The normalized spacial score (nSPS) is 11.7. The van der Waals surface area contributed by atoms with Gasteiger partial charge in [0.05, 0.1) is 18.7 Å². The highest BCUT2D eigenvalue weighted by molar-refractivity contribution is 7.09. The predicted molar refractivity (Wildman–Crippen MR) is 83.9 cm³/mol. The molecule has 2 rings (SSSR count). The van der Waals surface area contributed by atoms with Gasteiger partial charge in [-0.3, -0.25) is 9.69 Å². The lowest BCUT2D eigenvalue weighted by Gasteiger charge is -2.16. The van der Waals surface area contributed by atoms with E-state index in [2.05, 4.69) is 5.32 Å². The summed E-state index contributed by atoms with van der Waals surface area (Å²) >= 11 is 1.57. The van der Waals surface area contributed by atoms with Gasteiger partial charge in [0.2, 0.25) is 5.91 Å². The van der Waals surface area contributed by atoms with Crippen molar-refractivity contribution < 1.29 is 18.0 Å². The minimum atomic E-state index is -4.33. The number of carbonyl (C=O) groups is 1. The Balaban J connectivity index is 1.79. The summed E-state index contributed by atoms with van der Waals surface area (Å²) in [4.78, 5) is 14.7. The molecular formula is C16H17F3N2OS. The summed E-state index contributed by atoms with van der Waals surface area (Å²) < 4.78 is 37.5. The third-order valence-electron chi connectivity index (χ3n) is 3.19. The number of alkyl halides is 3.